The Kier molecular flexibility index (Phi) is 4.68. The van der Waals surface area contributed by atoms with E-state index in [-0.39, 0.29) is 17.6 Å². The summed E-state index contributed by atoms with van der Waals surface area (Å²) in [4.78, 5) is 25.7. The van der Waals surface area contributed by atoms with Gasteiger partial charge in [0.1, 0.15) is 5.82 Å². The quantitative estimate of drug-likeness (QED) is 0.604. The van der Waals surface area contributed by atoms with Gasteiger partial charge in [0.05, 0.1) is 11.1 Å². The highest BCUT2D eigenvalue weighted by molar-refractivity contribution is 7.98. The van der Waals surface area contributed by atoms with Crippen molar-refractivity contribution in [2.45, 2.75) is 5.75 Å². The van der Waals surface area contributed by atoms with Crippen molar-refractivity contribution in [3.63, 3.8) is 0 Å². The summed E-state index contributed by atoms with van der Waals surface area (Å²) >= 11 is 7.51. The second-order valence-corrected chi connectivity index (χ2v) is 6.61. The van der Waals surface area contributed by atoms with Crippen LogP contribution < -0.4 is 0 Å². The SMILES string of the molecule is O=C1c2ccccc2C(=O)N1CCSCc1ccc(F)cc1Cl. The smallest absolute Gasteiger partial charge is 0.261 e. The highest BCUT2D eigenvalue weighted by Gasteiger charge is 2.34. The van der Waals surface area contributed by atoms with Crippen molar-refractivity contribution in [3.8, 4) is 0 Å². The summed E-state index contributed by atoms with van der Waals surface area (Å²) in [6.07, 6.45) is 0. The standard InChI is InChI=1S/C17H13ClFNO2S/c18-15-9-12(19)6-5-11(15)10-23-8-7-20-16(21)13-3-1-2-4-14(13)17(20)22/h1-6,9H,7-8,10H2. The maximum Gasteiger partial charge on any atom is 0.261 e. The maximum atomic E-state index is 13.0. The van der Waals surface area contributed by atoms with E-state index < -0.39 is 0 Å². The average Bonchev–Trinajstić information content (AvgIpc) is 2.78. The van der Waals surface area contributed by atoms with E-state index in [4.69, 9.17) is 11.6 Å². The van der Waals surface area contributed by atoms with Crippen LogP contribution >= 0.6 is 23.4 Å². The first kappa shape index (κ1) is 16.0. The van der Waals surface area contributed by atoms with Gasteiger partial charge in [-0.3, -0.25) is 14.5 Å². The predicted molar refractivity (Wildman–Crippen MR) is 89.4 cm³/mol. The lowest BCUT2D eigenvalue weighted by Crippen LogP contribution is -2.31. The van der Waals surface area contributed by atoms with E-state index in [9.17, 15) is 14.0 Å². The Hall–Kier alpha value is -1.85. The van der Waals surface area contributed by atoms with Crippen LogP contribution in [0.3, 0.4) is 0 Å². The van der Waals surface area contributed by atoms with Gasteiger partial charge in [-0.05, 0) is 29.8 Å². The number of benzene rings is 2. The molecule has 0 spiro atoms. The zero-order valence-corrected chi connectivity index (χ0v) is 13.7. The molecule has 3 nitrogen and oxygen atoms in total. The molecule has 0 radical (unpaired) electrons. The molecule has 23 heavy (non-hydrogen) atoms. The van der Waals surface area contributed by atoms with Crippen molar-refractivity contribution in [2.75, 3.05) is 12.3 Å². The minimum atomic E-state index is -0.366. The fraction of sp³-hybridized carbons (Fsp3) is 0.176. The molecular weight excluding hydrogens is 337 g/mol. The maximum absolute atomic E-state index is 13.0. The zero-order chi connectivity index (χ0) is 16.4. The van der Waals surface area contributed by atoms with Crippen molar-refractivity contribution in [1.29, 1.82) is 0 Å². The monoisotopic (exact) mass is 349 g/mol. The normalized spacial score (nSPS) is 13.6. The summed E-state index contributed by atoms with van der Waals surface area (Å²) in [6, 6.07) is 11.1. The van der Waals surface area contributed by atoms with E-state index in [0.717, 1.165) is 5.56 Å². The molecule has 3 rings (SSSR count). The number of carbonyl (C=O) groups excluding carboxylic acids is 2. The van der Waals surface area contributed by atoms with Crippen LogP contribution in [0.1, 0.15) is 26.3 Å². The van der Waals surface area contributed by atoms with Gasteiger partial charge in [-0.2, -0.15) is 11.8 Å². The molecule has 0 unspecified atom stereocenters. The molecule has 0 atom stereocenters. The number of hydrogen-bond acceptors (Lipinski definition) is 3. The number of carbonyl (C=O) groups is 2. The average molecular weight is 350 g/mol. The molecule has 0 fully saturated rings. The first-order valence-corrected chi connectivity index (χ1v) is 8.58. The third-order valence-electron chi connectivity index (χ3n) is 3.61. The Morgan fingerprint density at radius 1 is 1.04 bits per heavy atom. The molecule has 118 valence electrons. The minimum Gasteiger partial charge on any atom is -0.274 e. The Morgan fingerprint density at radius 2 is 1.70 bits per heavy atom. The highest BCUT2D eigenvalue weighted by atomic mass is 35.5. The largest absolute Gasteiger partial charge is 0.274 e. The van der Waals surface area contributed by atoms with Crippen LogP contribution in [0.5, 0.6) is 0 Å². The van der Waals surface area contributed by atoms with Gasteiger partial charge in [-0.15, -0.1) is 0 Å². The number of rotatable bonds is 5. The predicted octanol–water partition coefficient (Wildman–Crippen LogP) is 4.01. The van der Waals surface area contributed by atoms with Crippen molar-refractivity contribution in [1.82, 2.24) is 4.90 Å². The van der Waals surface area contributed by atoms with Gasteiger partial charge in [0.25, 0.3) is 11.8 Å². The van der Waals surface area contributed by atoms with Crippen molar-refractivity contribution < 1.29 is 14.0 Å². The molecule has 0 N–H and O–H groups in total. The molecule has 0 saturated heterocycles. The molecule has 2 aromatic carbocycles. The molecule has 2 amide bonds. The van der Waals surface area contributed by atoms with Gasteiger partial charge in [-0.25, -0.2) is 4.39 Å². The summed E-state index contributed by atoms with van der Waals surface area (Å²) in [6.45, 7) is 0.343. The topological polar surface area (TPSA) is 37.4 Å². The number of halogens is 2. The van der Waals surface area contributed by atoms with E-state index in [1.165, 1.54) is 17.0 Å². The highest BCUT2D eigenvalue weighted by Crippen LogP contribution is 2.25. The summed E-state index contributed by atoms with van der Waals surface area (Å²) in [5.74, 6) is 0.341. The van der Waals surface area contributed by atoms with E-state index >= 15 is 0 Å². The van der Waals surface area contributed by atoms with Crippen LogP contribution in [0.4, 0.5) is 4.39 Å². The lowest BCUT2D eigenvalue weighted by molar-refractivity contribution is 0.0664. The molecule has 6 heteroatoms. The summed E-state index contributed by atoms with van der Waals surface area (Å²) in [5.41, 5.74) is 1.76. The number of nitrogens with zero attached hydrogens (tertiary/aromatic N) is 1. The molecule has 2 aromatic rings. The van der Waals surface area contributed by atoms with E-state index in [0.29, 0.717) is 34.2 Å². The van der Waals surface area contributed by atoms with Gasteiger partial charge in [0, 0.05) is 23.1 Å². The number of thioether (sulfide) groups is 1. The molecule has 1 aliphatic rings. The van der Waals surface area contributed by atoms with Gasteiger partial charge in [-0.1, -0.05) is 29.8 Å². The molecular formula is C17H13ClFNO2S. The number of amides is 2. The Balaban J connectivity index is 1.56. The fourth-order valence-corrected chi connectivity index (χ4v) is 3.66. The Bertz CT molecular complexity index is 746. The van der Waals surface area contributed by atoms with Crippen LogP contribution in [0.15, 0.2) is 42.5 Å². The second kappa shape index (κ2) is 6.72. The third kappa shape index (κ3) is 3.26. The second-order valence-electron chi connectivity index (χ2n) is 5.10. The first-order chi connectivity index (χ1) is 11.1. The van der Waals surface area contributed by atoms with Gasteiger partial charge >= 0.3 is 0 Å². The fourth-order valence-electron chi connectivity index (χ4n) is 2.42. The zero-order valence-electron chi connectivity index (χ0n) is 12.1. The summed E-state index contributed by atoms with van der Waals surface area (Å²) < 4.78 is 13.0. The lowest BCUT2D eigenvalue weighted by atomic mass is 10.1. The van der Waals surface area contributed by atoms with Crippen molar-refractivity contribution in [3.05, 3.63) is 70.0 Å². The number of fused-ring (bicyclic) bond motifs is 1. The molecule has 1 aliphatic heterocycles. The summed E-state index contributed by atoms with van der Waals surface area (Å²) in [5, 5.41) is 0.387. The third-order valence-corrected chi connectivity index (χ3v) is 4.95. The van der Waals surface area contributed by atoms with E-state index in [1.807, 2.05) is 0 Å². The van der Waals surface area contributed by atoms with Crippen molar-refractivity contribution >= 4 is 35.2 Å². The van der Waals surface area contributed by atoms with E-state index in [2.05, 4.69) is 0 Å². The minimum absolute atomic E-state index is 0.244. The molecule has 0 aliphatic carbocycles. The Labute approximate surface area is 142 Å². The number of hydrogen-bond donors (Lipinski definition) is 0. The Morgan fingerprint density at radius 3 is 2.30 bits per heavy atom. The molecule has 0 bridgehead atoms. The van der Waals surface area contributed by atoms with Crippen LogP contribution in [0, 0.1) is 5.82 Å². The lowest BCUT2D eigenvalue weighted by Gasteiger charge is -2.13. The van der Waals surface area contributed by atoms with Crippen LogP contribution in [0.25, 0.3) is 0 Å². The van der Waals surface area contributed by atoms with Crippen LogP contribution in [0.2, 0.25) is 5.02 Å². The van der Waals surface area contributed by atoms with Gasteiger partial charge < -0.3 is 0 Å². The molecule has 1 heterocycles. The van der Waals surface area contributed by atoms with Crippen LogP contribution in [-0.2, 0) is 5.75 Å². The number of imide groups is 1. The van der Waals surface area contributed by atoms with E-state index in [1.54, 1.807) is 42.1 Å². The first-order valence-electron chi connectivity index (χ1n) is 7.05. The van der Waals surface area contributed by atoms with Gasteiger partial charge in [0.2, 0.25) is 0 Å². The molecule has 0 aromatic heterocycles. The summed E-state index contributed by atoms with van der Waals surface area (Å²) in [7, 11) is 0. The van der Waals surface area contributed by atoms with Crippen molar-refractivity contribution in [2.24, 2.45) is 0 Å². The molecule has 0 saturated carbocycles. The van der Waals surface area contributed by atoms with Crippen LogP contribution in [-0.4, -0.2) is 29.0 Å². The van der Waals surface area contributed by atoms with Gasteiger partial charge in [0.15, 0.2) is 0 Å².